The fourth-order valence-corrected chi connectivity index (χ4v) is 10.6. The molecule has 0 unspecified atom stereocenters. The topological polar surface area (TPSA) is 214 Å². The second-order valence-corrected chi connectivity index (χ2v) is 17.6. The standard InChI is InChI=1S/C47H49NO14/c1-24-30(59-43(55)33(51)32(27-16-10-7-11-17-27)48-41(53)28-18-12-8-13-19-28)22-47(56)40(61-42(54)29-20-14-9-15-21-29)36-45(6,37(52)34(58-25(2)49)31(24)44(47,4)5)38-35(60-38)39-46(36,23-57-39)62-26(3)50/h7-21,30,32-36,38-40,51,56H,22-23H2,1-6H3,(H,48,53)/t30-,32-,33+,34+,35+,36-,38-,39+,40-,45+,46+,47+/m0/s1. The van der Waals surface area contributed by atoms with Crippen LogP contribution in [0, 0.1) is 16.7 Å². The molecule has 15 heteroatoms. The van der Waals surface area contributed by atoms with Gasteiger partial charge in [0.1, 0.15) is 30.0 Å². The summed E-state index contributed by atoms with van der Waals surface area (Å²) in [6.45, 7) is 8.40. The lowest BCUT2D eigenvalue weighted by atomic mass is 9.45. The van der Waals surface area contributed by atoms with Crippen molar-refractivity contribution in [1.29, 1.82) is 0 Å². The quantitative estimate of drug-likeness (QED) is 0.115. The number of carbonyl (C=O) groups excluding carboxylic acids is 6. The van der Waals surface area contributed by atoms with Crippen molar-refractivity contribution < 1.29 is 67.4 Å². The van der Waals surface area contributed by atoms with Crippen LogP contribution < -0.4 is 5.32 Å². The van der Waals surface area contributed by atoms with Crippen LogP contribution in [0.1, 0.15) is 80.3 Å². The van der Waals surface area contributed by atoms with Gasteiger partial charge in [0, 0.05) is 31.2 Å². The summed E-state index contributed by atoms with van der Waals surface area (Å²) in [4.78, 5) is 83.7. The van der Waals surface area contributed by atoms with Gasteiger partial charge in [-0.2, -0.15) is 0 Å². The van der Waals surface area contributed by atoms with Crippen LogP contribution in [0.25, 0.3) is 0 Å². The summed E-state index contributed by atoms with van der Waals surface area (Å²) in [5.41, 5.74) is -6.33. The predicted molar refractivity (Wildman–Crippen MR) is 216 cm³/mol. The Kier molecular flexibility index (Phi) is 10.8. The van der Waals surface area contributed by atoms with Crippen molar-refractivity contribution in [2.75, 3.05) is 6.61 Å². The number of epoxide rings is 1. The zero-order valence-corrected chi connectivity index (χ0v) is 35.1. The van der Waals surface area contributed by atoms with Crippen LogP contribution in [0.5, 0.6) is 0 Å². The van der Waals surface area contributed by atoms with Crippen LogP contribution in [-0.4, -0.2) is 106 Å². The van der Waals surface area contributed by atoms with Crippen molar-refractivity contribution in [2.24, 2.45) is 16.7 Å². The highest BCUT2D eigenvalue weighted by Gasteiger charge is 2.84. The SMILES string of the molecule is CC(=O)O[C@H]1C(=O)[C@@]2(C)[C@H]([C@H](OC(=O)c3ccccc3)[C@]3(O)C[C@H](OC(=O)[C@H](O)[C@@H](NC(=O)c4ccccc4)c4ccccc4)C(C)=C1C3(C)C)[C@]1(OC(C)=O)CO[C@@H]1[C@@H]1O[C@@H]12. The van der Waals surface area contributed by atoms with E-state index in [4.69, 9.17) is 28.4 Å². The lowest BCUT2D eigenvalue weighted by Crippen LogP contribution is -2.81. The summed E-state index contributed by atoms with van der Waals surface area (Å²) in [7, 11) is 0. The Morgan fingerprint density at radius 2 is 1.40 bits per heavy atom. The normalized spacial score (nSPS) is 33.5. The van der Waals surface area contributed by atoms with Gasteiger partial charge in [0.15, 0.2) is 23.6 Å². The smallest absolute Gasteiger partial charge is 0.338 e. The number of ether oxygens (including phenoxy) is 6. The molecule has 326 valence electrons. The Morgan fingerprint density at radius 3 is 1.97 bits per heavy atom. The third-order valence-corrected chi connectivity index (χ3v) is 13.7. The van der Waals surface area contributed by atoms with E-state index in [2.05, 4.69) is 5.32 Å². The number of benzene rings is 3. The van der Waals surface area contributed by atoms with Crippen LogP contribution >= 0.6 is 0 Å². The average molecular weight is 852 g/mol. The highest BCUT2D eigenvalue weighted by Crippen LogP contribution is 2.68. The number of aliphatic hydroxyl groups is 2. The summed E-state index contributed by atoms with van der Waals surface area (Å²) in [5, 5.41) is 28.3. The van der Waals surface area contributed by atoms with E-state index < -0.39 is 119 Å². The maximum Gasteiger partial charge on any atom is 0.338 e. The molecular formula is C47H49NO14. The van der Waals surface area contributed by atoms with Gasteiger partial charge in [-0.1, -0.05) is 80.6 Å². The molecule has 5 aliphatic rings. The van der Waals surface area contributed by atoms with Crippen LogP contribution in [0.4, 0.5) is 0 Å². The summed E-state index contributed by atoms with van der Waals surface area (Å²) in [6, 6.07) is 23.2. The molecule has 2 saturated heterocycles. The van der Waals surface area contributed by atoms with E-state index in [0.717, 1.165) is 6.92 Å². The fraction of sp³-hybridized carbons (Fsp3) is 0.447. The van der Waals surface area contributed by atoms with Crippen molar-refractivity contribution in [2.45, 2.75) is 108 Å². The van der Waals surface area contributed by atoms with Crippen molar-refractivity contribution in [3.63, 3.8) is 0 Å². The van der Waals surface area contributed by atoms with Gasteiger partial charge in [0.05, 0.1) is 35.6 Å². The number of nitrogens with one attached hydrogen (secondary N) is 1. The Labute approximate surface area is 357 Å². The molecule has 0 spiro atoms. The monoisotopic (exact) mass is 851 g/mol. The largest absolute Gasteiger partial charge is 0.456 e. The minimum Gasteiger partial charge on any atom is -0.456 e. The summed E-state index contributed by atoms with van der Waals surface area (Å²) >= 11 is 0. The number of carbonyl (C=O) groups is 6. The highest BCUT2D eigenvalue weighted by atomic mass is 16.7. The number of ketones is 1. The molecule has 1 amide bonds. The third kappa shape index (κ3) is 6.73. The molecule has 2 saturated carbocycles. The average Bonchev–Trinajstić information content (AvgIpc) is 4.03. The summed E-state index contributed by atoms with van der Waals surface area (Å²) in [5.74, 6) is -6.31. The van der Waals surface area contributed by atoms with Crippen LogP contribution in [0.2, 0.25) is 0 Å². The molecule has 62 heavy (non-hydrogen) atoms. The summed E-state index contributed by atoms with van der Waals surface area (Å²) in [6.07, 6.45) is -9.94. The van der Waals surface area contributed by atoms with Crippen LogP contribution in [0.15, 0.2) is 102 Å². The fourth-order valence-electron chi connectivity index (χ4n) is 10.6. The van der Waals surface area contributed by atoms with Gasteiger partial charge in [-0.05, 0) is 54.8 Å². The van der Waals surface area contributed by atoms with E-state index in [9.17, 15) is 34.2 Å². The van der Waals surface area contributed by atoms with E-state index >= 15 is 4.79 Å². The molecule has 0 radical (unpaired) electrons. The third-order valence-electron chi connectivity index (χ3n) is 13.7. The number of hydrogen-bond acceptors (Lipinski definition) is 14. The molecule has 4 fully saturated rings. The second-order valence-electron chi connectivity index (χ2n) is 17.6. The second kappa shape index (κ2) is 15.6. The molecule has 8 rings (SSSR count). The number of rotatable bonds is 10. The maximum atomic E-state index is 15.6. The molecule has 2 aliphatic heterocycles. The first kappa shape index (κ1) is 42.9. The molecule has 3 aliphatic carbocycles. The molecule has 12 atom stereocenters. The number of aliphatic hydroxyl groups excluding tert-OH is 1. The minimum absolute atomic E-state index is 0.0712. The van der Waals surface area contributed by atoms with E-state index in [1.165, 1.54) is 19.1 Å². The highest BCUT2D eigenvalue weighted by molar-refractivity contribution is 5.96. The van der Waals surface area contributed by atoms with Crippen molar-refractivity contribution in [3.05, 3.63) is 119 Å². The number of hydrogen-bond donors (Lipinski definition) is 3. The van der Waals surface area contributed by atoms with E-state index in [-0.39, 0.29) is 28.9 Å². The Morgan fingerprint density at radius 1 is 0.806 bits per heavy atom. The lowest BCUT2D eigenvalue weighted by Gasteiger charge is -2.65. The maximum absolute atomic E-state index is 15.6. The molecule has 3 N–H and O–H groups in total. The first-order valence-electron chi connectivity index (χ1n) is 20.5. The van der Waals surface area contributed by atoms with E-state index in [1.54, 1.807) is 107 Å². The van der Waals surface area contributed by atoms with Gasteiger partial charge in [-0.25, -0.2) is 9.59 Å². The van der Waals surface area contributed by atoms with Gasteiger partial charge >= 0.3 is 23.9 Å². The van der Waals surface area contributed by atoms with E-state index in [1.807, 2.05) is 0 Å². The lowest BCUT2D eigenvalue weighted by molar-refractivity contribution is -0.325. The first-order chi connectivity index (χ1) is 29.4. The van der Waals surface area contributed by atoms with Gasteiger partial charge in [-0.15, -0.1) is 0 Å². The van der Waals surface area contributed by atoms with E-state index in [0.29, 0.717) is 5.56 Å². The van der Waals surface area contributed by atoms with Crippen LogP contribution in [-0.2, 0) is 47.6 Å². The zero-order valence-electron chi connectivity index (χ0n) is 35.1. The Balaban J connectivity index is 1.27. The zero-order chi connectivity index (χ0) is 44.5. The molecule has 3 aromatic rings. The minimum atomic E-state index is -2.32. The van der Waals surface area contributed by atoms with Gasteiger partial charge in [0.25, 0.3) is 5.91 Å². The molecule has 0 aromatic heterocycles. The number of fused-ring (bicyclic) bond motifs is 8. The van der Waals surface area contributed by atoms with Gasteiger partial charge < -0.3 is 44.0 Å². The Bertz CT molecular complexity index is 2330. The molecule has 2 bridgehead atoms. The number of amides is 1. The molecule has 15 nitrogen and oxygen atoms in total. The van der Waals surface area contributed by atoms with Crippen molar-refractivity contribution in [3.8, 4) is 0 Å². The first-order valence-corrected chi connectivity index (χ1v) is 20.5. The van der Waals surface area contributed by atoms with Crippen molar-refractivity contribution >= 4 is 35.6 Å². The molecular weight excluding hydrogens is 803 g/mol. The molecule has 3 aromatic carbocycles. The van der Waals surface area contributed by atoms with Crippen molar-refractivity contribution in [1.82, 2.24) is 5.32 Å². The van der Waals surface area contributed by atoms with Gasteiger partial charge in [-0.3, -0.25) is 19.2 Å². The summed E-state index contributed by atoms with van der Waals surface area (Å²) < 4.78 is 36.8. The Hall–Kier alpha value is -5.74. The number of esters is 4. The predicted octanol–water partition coefficient (Wildman–Crippen LogP) is 3.75. The van der Waals surface area contributed by atoms with Gasteiger partial charge in [0.2, 0.25) is 0 Å². The van der Waals surface area contributed by atoms with Crippen LogP contribution in [0.3, 0.4) is 0 Å². The number of Topliss-reactive ketones (excluding diaryl/α,β-unsaturated/α-hetero) is 1. The molecule has 2 heterocycles.